The number of H-pyrrole nitrogens is 1. The van der Waals surface area contributed by atoms with E-state index in [0.29, 0.717) is 35.7 Å². The summed E-state index contributed by atoms with van der Waals surface area (Å²) in [5.41, 5.74) is 2.28. The minimum absolute atomic E-state index is 0.135. The number of fused-ring (bicyclic) bond motifs is 3. The Bertz CT molecular complexity index is 1630. The summed E-state index contributed by atoms with van der Waals surface area (Å²) in [5, 5.41) is 14.1. The molecule has 4 heterocycles. The Balaban J connectivity index is 1.28. The lowest BCUT2D eigenvalue weighted by Crippen LogP contribution is -2.36. The van der Waals surface area contributed by atoms with Crippen LogP contribution in [-0.2, 0) is 13.1 Å². The topological polar surface area (TPSA) is 117 Å². The van der Waals surface area contributed by atoms with E-state index in [1.54, 1.807) is 0 Å². The van der Waals surface area contributed by atoms with Gasteiger partial charge in [0.15, 0.2) is 28.8 Å². The summed E-state index contributed by atoms with van der Waals surface area (Å²) in [5.74, 6) is 3.81. The van der Waals surface area contributed by atoms with Crippen LogP contribution in [0.15, 0.2) is 41.2 Å². The van der Waals surface area contributed by atoms with Crippen molar-refractivity contribution in [3.63, 3.8) is 0 Å². The van der Waals surface area contributed by atoms with Gasteiger partial charge in [-0.05, 0) is 59.0 Å². The molecule has 1 aliphatic carbocycles. The Morgan fingerprint density at radius 3 is 2.44 bits per heavy atom. The second-order valence-corrected chi connectivity index (χ2v) is 11.5. The normalized spacial score (nSPS) is 17.2. The molecule has 2 aromatic carbocycles. The van der Waals surface area contributed by atoms with Crippen LogP contribution < -0.4 is 24.5 Å². The SMILES string of the molecule is CC(C)[C@H](c1nnnn1C1CCCCC1)N(Cc1ccc2c(c1)OCO2)Cc1cc2cc3c(cc2[nH]c1=O)OCO3. The van der Waals surface area contributed by atoms with E-state index in [1.165, 1.54) is 19.3 Å². The molecule has 0 bridgehead atoms. The van der Waals surface area contributed by atoms with Gasteiger partial charge in [-0.25, -0.2) is 4.68 Å². The summed E-state index contributed by atoms with van der Waals surface area (Å²) in [4.78, 5) is 18.8. The van der Waals surface area contributed by atoms with Crippen molar-refractivity contribution in [3.8, 4) is 23.0 Å². The standard InChI is InChI=1S/C30H34N6O5/c1-18(2)28(29-32-33-34-36(29)22-6-4-3-5-7-22)35(14-19-8-9-24-25(10-19)39-16-38-24)15-21-11-20-12-26-27(41-17-40-26)13-23(20)31-30(21)37/h8-13,18,22,28H,3-7,14-17H2,1-2H3,(H,31,37)/t28-/m1/s1. The van der Waals surface area contributed by atoms with Crippen molar-refractivity contribution in [1.29, 1.82) is 0 Å². The highest BCUT2D eigenvalue weighted by Crippen LogP contribution is 2.38. The van der Waals surface area contributed by atoms with E-state index >= 15 is 0 Å². The summed E-state index contributed by atoms with van der Waals surface area (Å²) in [7, 11) is 0. The van der Waals surface area contributed by atoms with Crippen molar-refractivity contribution in [2.45, 2.75) is 71.1 Å². The first-order chi connectivity index (χ1) is 20.0. The van der Waals surface area contributed by atoms with E-state index in [-0.39, 0.29) is 37.1 Å². The molecule has 3 aliphatic rings. The van der Waals surface area contributed by atoms with Gasteiger partial charge in [-0.2, -0.15) is 0 Å². The van der Waals surface area contributed by atoms with Crippen LogP contribution in [0.3, 0.4) is 0 Å². The summed E-state index contributed by atoms with van der Waals surface area (Å²) >= 11 is 0. The number of pyridine rings is 1. The zero-order valence-electron chi connectivity index (χ0n) is 23.3. The Hall–Kier alpha value is -4.12. The van der Waals surface area contributed by atoms with Gasteiger partial charge in [0.05, 0.1) is 17.6 Å². The van der Waals surface area contributed by atoms with Gasteiger partial charge in [0.25, 0.3) is 5.56 Å². The molecule has 0 amide bonds. The predicted molar refractivity (Wildman–Crippen MR) is 150 cm³/mol. The molecule has 1 fully saturated rings. The first kappa shape index (κ1) is 25.8. The number of rotatable bonds is 8. The number of tetrazole rings is 1. The molecule has 0 radical (unpaired) electrons. The summed E-state index contributed by atoms with van der Waals surface area (Å²) in [6.07, 6.45) is 5.77. The molecule has 11 nitrogen and oxygen atoms in total. The van der Waals surface area contributed by atoms with Crippen LogP contribution in [0.5, 0.6) is 23.0 Å². The van der Waals surface area contributed by atoms with Gasteiger partial charge in [0.2, 0.25) is 13.6 Å². The molecule has 1 atom stereocenters. The Morgan fingerprint density at radius 1 is 0.927 bits per heavy atom. The zero-order valence-corrected chi connectivity index (χ0v) is 23.3. The first-order valence-corrected chi connectivity index (χ1v) is 14.4. The molecule has 11 heteroatoms. The molecular weight excluding hydrogens is 524 g/mol. The van der Waals surface area contributed by atoms with Gasteiger partial charge in [0, 0.05) is 30.1 Å². The molecule has 7 rings (SSSR count). The molecule has 41 heavy (non-hydrogen) atoms. The van der Waals surface area contributed by atoms with E-state index < -0.39 is 0 Å². The van der Waals surface area contributed by atoms with Gasteiger partial charge in [-0.3, -0.25) is 9.69 Å². The number of nitrogens with zero attached hydrogens (tertiary/aromatic N) is 5. The maximum Gasteiger partial charge on any atom is 0.252 e. The van der Waals surface area contributed by atoms with E-state index in [2.05, 4.69) is 39.3 Å². The van der Waals surface area contributed by atoms with Crippen LogP contribution in [0.2, 0.25) is 0 Å². The number of aromatic amines is 1. The fourth-order valence-corrected chi connectivity index (χ4v) is 6.37. The molecule has 1 saturated carbocycles. The molecule has 1 N–H and O–H groups in total. The molecule has 4 aromatic rings. The van der Waals surface area contributed by atoms with Crippen molar-refractivity contribution in [2.75, 3.05) is 13.6 Å². The number of hydrogen-bond donors (Lipinski definition) is 1. The van der Waals surface area contributed by atoms with Gasteiger partial charge < -0.3 is 23.9 Å². The van der Waals surface area contributed by atoms with Gasteiger partial charge >= 0.3 is 0 Å². The lowest BCUT2D eigenvalue weighted by Gasteiger charge is -2.35. The van der Waals surface area contributed by atoms with E-state index in [1.807, 2.05) is 41.1 Å². The van der Waals surface area contributed by atoms with Gasteiger partial charge in [-0.15, -0.1) is 5.10 Å². The van der Waals surface area contributed by atoms with Crippen molar-refractivity contribution >= 4 is 10.9 Å². The number of benzene rings is 2. The maximum atomic E-state index is 13.4. The van der Waals surface area contributed by atoms with Gasteiger partial charge in [0.1, 0.15) is 0 Å². The van der Waals surface area contributed by atoms with Crippen LogP contribution in [0.25, 0.3) is 10.9 Å². The van der Waals surface area contributed by atoms with E-state index in [0.717, 1.165) is 41.1 Å². The van der Waals surface area contributed by atoms with Crippen LogP contribution in [0, 0.1) is 5.92 Å². The third kappa shape index (κ3) is 4.99. The highest BCUT2D eigenvalue weighted by atomic mass is 16.7. The largest absolute Gasteiger partial charge is 0.454 e. The Morgan fingerprint density at radius 2 is 1.66 bits per heavy atom. The highest BCUT2D eigenvalue weighted by Gasteiger charge is 2.33. The molecule has 0 spiro atoms. The molecule has 214 valence electrons. The van der Waals surface area contributed by atoms with Crippen molar-refractivity contribution in [3.05, 3.63) is 63.7 Å². The number of aromatic nitrogens is 5. The fourth-order valence-electron chi connectivity index (χ4n) is 6.37. The molecule has 0 unspecified atom stereocenters. The van der Waals surface area contributed by atoms with Crippen molar-refractivity contribution < 1.29 is 18.9 Å². The van der Waals surface area contributed by atoms with Crippen LogP contribution in [-0.4, -0.2) is 43.7 Å². The second kappa shape index (κ2) is 10.7. The average Bonchev–Trinajstić information content (AvgIpc) is 3.73. The van der Waals surface area contributed by atoms with E-state index in [9.17, 15) is 4.79 Å². The second-order valence-electron chi connectivity index (χ2n) is 11.5. The zero-order chi connectivity index (χ0) is 27.9. The third-order valence-electron chi connectivity index (χ3n) is 8.34. The number of hydrogen-bond acceptors (Lipinski definition) is 9. The third-order valence-corrected chi connectivity index (χ3v) is 8.34. The smallest absolute Gasteiger partial charge is 0.252 e. The number of nitrogens with one attached hydrogen (secondary N) is 1. The minimum atomic E-state index is -0.138. The van der Waals surface area contributed by atoms with Crippen LogP contribution in [0.4, 0.5) is 0 Å². The molecule has 2 aromatic heterocycles. The van der Waals surface area contributed by atoms with Crippen molar-refractivity contribution in [2.24, 2.45) is 5.92 Å². The average molecular weight is 559 g/mol. The van der Waals surface area contributed by atoms with Crippen LogP contribution >= 0.6 is 0 Å². The summed E-state index contributed by atoms with van der Waals surface area (Å²) in [6, 6.07) is 11.8. The Kier molecular flexibility index (Phi) is 6.74. The lowest BCUT2D eigenvalue weighted by atomic mass is 9.94. The minimum Gasteiger partial charge on any atom is -0.454 e. The quantitative estimate of drug-likeness (QED) is 0.323. The first-order valence-electron chi connectivity index (χ1n) is 14.4. The van der Waals surface area contributed by atoms with Crippen LogP contribution in [0.1, 0.15) is 75.0 Å². The maximum absolute atomic E-state index is 13.4. The molecule has 0 saturated heterocycles. The molecular formula is C30H34N6O5. The fraction of sp³-hybridized carbons (Fsp3) is 0.467. The Labute approximate surface area is 237 Å². The lowest BCUT2D eigenvalue weighted by molar-refractivity contribution is 0.121. The van der Waals surface area contributed by atoms with Gasteiger partial charge in [-0.1, -0.05) is 39.2 Å². The van der Waals surface area contributed by atoms with E-state index in [4.69, 9.17) is 18.9 Å². The summed E-state index contributed by atoms with van der Waals surface area (Å²) in [6.45, 7) is 5.73. The highest BCUT2D eigenvalue weighted by molar-refractivity contribution is 5.83. The predicted octanol–water partition coefficient (Wildman–Crippen LogP) is 4.88. The van der Waals surface area contributed by atoms with Crippen molar-refractivity contribution in [1.82, 2.24) is 30.1 Å². The summed E-state index contributed by atoms with van der Waals surface area (Å²) < 4.78 is 24.3. The molecule has 2 aliphatic heterocycles. The monoisotopic (exact) mass is 558 g/mol. The number of ether oxygens (including phenoxy) is 4.